The van der Waals surface area contributed by atoms with Gasteiger partial charge in [-0.2, -0.15) is 5.10 Å². The molecule has 0 bridgehead atoms. The molecule has 0 amide bonds. The Morgan fingerprint density at radius 2 is 1.77 bits per heavy atom. The van der Waals surface area contributed by atoms with E-state index < -0.39 is 5.97 Å². The van der Waals surface area contributed by atoms with Crippen LogP contribution in [0.3, 0.4) is 0 Å². The van der Waals surface area contributed by atoms with Crippen molar-refractivity contribution in [1.29, 1.82) is 0 Å². The summed E-state index contributed by atoms with van der Waals surface area (Å²) in [4.78, 5) is 29.6. The first kappa shape index (κ1) is 19.5. The number of benzene rings is 2. The molecule has 0 radical (unpaired) electrons. The highest BCUT2D eigenvalue weighted by Crippen LogP contribution is 2.23. The number of fused-ring (bicyclic) bond motifs is 1. The first-order chi connectivity index (χ1) is 14.5. The molecule has 0 fully saturated rings. The molecule has 0 saturated heterocycles. The van der Waals surface area contributed by atoms with Crippen molar-refractivity contribution < 1.29 is 14.3 Å². The largest absolute Gasteiger partial charge is 0.454 e. The normalized spacial score (nSPS) is 11.0. The zero-order valence-electron chi connectivity index (χ0n) is 16.8. The van der Waals surface area contributed by atoms with Crippen molar-refractivity contribution in [2.24, 2.45) is 0 Å². The summed E-state index contributed by atoms with van der Waals surface area (Å²) >= 11 is 0. The van der Waals surface area contributed by atoms with Gasteiger partial charge in [-0.1, -0.05) is 56.3 Å². The topological polar surface area (TPSA) is 74.1 Å². The van der Waals surface area contributed by atoms with E-state index in [4.69, 9.17) is 4.74 Å². The molecule has 0 saturated carbocycles. The van der Waals surface area contributed by atoms with Crippen LogP contribution in [0.1, 0.15) is 46.2 Å². The molecular weight excluding hydrogens is 378 g/mol. The first-order valence-electron chi connectivity index (χ1n) is 9.73. The Bertz CT molecular complexity index is 1210. The molecule has 6 nitrogen and oxygen atoms in total. The summed E-state index contributed by atoms with van der Waals surface area (Å²) in [5.74, 6) is -0.201. The first-order valence-corrected chi connectivity index (χ1v) is 9.73. The van der Waals surface area contributed by atoms with Gasteiger partial charge in [0.05, 0.1) is 11.9 Å². The number of nitrogens with zero attached hydrogens (tertiary/aromatic N) is 3. The fraction of sp³-hybridized carbons (Fsp3) is 0.167. The molecule has 2 heterocycles. The maximum absolute atomic E-state index is 12.7. The summed E-state index contributed by atoms with van der Waals surface area (Å²) in [7, 11) is 0. The fourth-order valence-electron chi connectivity index (χ4n) is 3.39. The van der Waals surface area contributed by atoms with Crippen LogP contribution in [0.15, 0.2) is 73.1 Å². The molecule has 2 aromatic heterocycles. The van der Waals surface area contributed by atoms with Gasteiger partial charge in [-0.25, -0.2) is 14.5 Å². The summed E-state index contributed by atoms with van der Waals surface area (Å²) < 4.78 is 6.97. The molecule has 0 aliphatic heterocycles. The van der Waals surface area contributed by atoms with E-state index in [1.807, 2.05) is 68.4 Å². The summed E-state index contributed by atoms with van der Waals surface area (Å²) in [5, 5.41) is 6.33. The lowest BCUT2D eigenvalue weighted by molar-refractivity contribution is 0.0473. The van der Waals surface area contributed by atoms with Gasteiger partial charge in [-0.3, -0.25) is 4.79 Å². The number of ketones is 1. The predicted molar refractivity (Wildman–Crippen MR) is 114 cm³/mol. The van der Waals surface area contributed by atoms with Gasteiger partial charge in [0.15, 0.2) is 18.2 Å². The lowest BCUT2D eigenvalue weighted by Crippen LogP contribution is -2.16. The Balaban J connectivity index is 1.52. The molecule has 0 unspecified atom stereocenters. The highest BCUT2D eigenvalue weighted by molar-refractivity contribution is 6.02. The minimum atomic E-state index is -0.574. The number of ether oxygens (including phenoxy) is 1. The maximum atomic E-state index is 12.7. The Kier molecular flexibility index (Phi) is 5.39. The van der Waals surface area contributed by atoms with E-state index >= 15 is 0 Å². The van der Waals surface area contributed by atoms with Crippen LogP contribution in [0.4, 0.5) is 0 Å². The van der Waals surface area contributed by atoms with Crippen LogP contribution in [0.5, 0.6) is 0 Å². The molecular formula is C24H21N3O3. The van der Waals surface area contributed by atoms with Crippen molar-refractivity contribution in [3.8, 4) is 5.82 Å². The van der Waals surface area contributed by atoms with E-state index in [9.17, 15) is 9.59 Å². The van der Waals surface area contributed by atoms with Crippen molar-refractivity contribution in [1.82, 2.24) is 14.8 Å². The van der Waals surface area contributed by atoms with Gasteiger partial charge in [-0.15, -0.1) is 0 Å². The molecule has 4 rings (SSSR count). The van der Waals surface area contributed by atoms with Crippen LogP contribution in [-0.2, 0) is 4.74 Å². The van der Waals surface area contributed by atoms with E-state index in [2.05, 4.69) is 10.1 Å². The molecule has 0 aliphatic carbocycles. The van der Waals surface area contributed by atoms with Gasteiger partial charge in [0.25, 0.3) is 0 Å². The SMILES string of the molecule is CC(C)c1c(C(=O)OCC(=O)c2ccc3ccccc3c2)cnn1-c1ccccn1. The number of carbonyl (C=O) groups is 2. The van der Waals surface area contributed by atoms with Gasteiger partial charge >= 0.3 is 5.97 Å². The fourth-order valence-corrected chi connectivity index (χ4v) is 3.39. The van der Waals surface area contributed by atoms with Crippen LogP contribution >= 0.6 is 0 Å². The minimum Gasteiger partial charge on any atom is -0.454 e. The Morgan fingerprint density at radius 3 is 2.50 bits per heavy atom. The standard InChI is InChI=1S/C24H21N3O3/c1-16(2)23-20(14-26-27(23)22-9-5-6-12-25-22)24(29)30-15-21(28)19-11-10-17-7-3-4-8-18(17)13-19/h3-14,16H,15H2,1-2H3. The smallest absolute Gasteiger partial charge is 0.342 e. The lowest BCUT2D eigenvalue weighted by atomic mass is 10.0. The predicted octanol–water partition coefficient (Wildman–Crippen LogP) is 4.58. The van der Waals surface area contributed by atoms with Crippen LogP contribution in [0.2, 0.25) is 0 Å². The van der Waals surface area contributed by atoms with Gasteiger partial charge in [0.1, 0.15) is 5.56 Å². The van der Waals surface area contributed by atoms with Gasteiger partial charge in [0, 0.05) is 11.8 Å². The number of esters is 1. The second kappa shape index (κ2) is 8.29. The lowest BCUT2D eigenvalue weighted by Gasteiger charge is -2.12. The van der Waals surface area contributed by atoms with E-state index in [1.165, 1.54) is 6.20 Å². The number of Topliss-reactive ketones (excluding diaryl/α,β-unsaturated/α-hetero) is 1. The number of aromatic nitrogens is 3. The monoisotopic (exact) mass is 399 g/mol. The molecule has 6 heteroatoms. The molecule has 2 aromatic carbocycles. The summed E-state index contributed by atoms with van der Waals surface area (Å²) in [5.41, 5.74) is 1.54. The van der Waals surface area contributed by atoms with Crippen molar-refractivity contribution in [2.75, 3.05) is 6.61 Å². The summed E-state index contributed by atoms with van der Waals surface area (Å²) in [6, 6.07) is 18.7. The second-order valence-electron chi connectivity index (χ2n) is 7.26. The van der Waals surface area contributed by atoms with Gasteiger partial charge in [0.2, 0.25) is 0 Å². The number of carbonyl (C=O) groups excluding carboxylic acids is 2. The quantitative estimate of drug-likeness (QED) is 0.350. The third-order valence-electron chi connectivity index (χ3n) is 4.85. The Hall–Kier alpha value is -3.80. The van der Waals surface area contributed by atoms with E-state index in [0.29, 0.717) is 22.6 Å². The maximum Gasteiger partial charge on any atom is 0.342 e. The average Bonchev–Trinajstić information content (AvgIpc) is 3.23. The van der Waals surface area contributed by atoms with Crippen LogP contribution in [-0.4, -0.2) is 33.1 Å². The minimum absolute atomic E-state index is 0.00763. The highest BCUT2D eigenvalue weighted by Gasteiger charge is 2.23. The summed E-state index contributed by atoms with van der Waals surface area (Å²) in [6.07, 6.45) is 3.13. The molecule has 0 N–H and O–H groups in total. The molecule has 30 heavy (non-hydrogen) atoms. The van der Waals surface area contributed by atoms with Crippen LogP contribution in [0, 0.1) is 0 Å². The second-order valence-corrected chi connectivity index (χ2v) is 7.26. The summed E-state index contributed by atoms with van der Waals surface area (Å²) in [6.45, 7) is 3.60. The van der Waals surface area contributed by atoms with Crippen molar-refractivity contribution in [2.45, 2.75) is 19.8 Å². The number of rotatable bonds is 6. The molecule has 0 aliphatic rings. The molecule has 4 aromatic rings. The third-order valence-corrected chi connectivity index (χ3v) is 4.85. The molecule has 150 valence electrons. The Labute approximate surface area is 174 Å². The van der Waals surface area contributed by atoms with Crippen molar-refractivity contribution >= 4 is 22.5 Å². The van der Waals surface area contributed by atoms with E-state index in [-0.39, 0.29) is 18.3 Å². The van der Waals surface area contributed by atoms with Gasteiger partial charge in [-0.05, 0) is 34.9 Å². The number of pyridine rings is 1. The van der Waals surface area contributed by atoms with E-state index in [0.717, 1.165) is 10.8 Å². The average molecular weight is 399 g/mol. The van der Waals surface area contributed by atoms with Crippen LogP contribution < -0.4 is 0 Å². The van der Waals surface area contributed by atoms with Crippen molar-refractivity contribution in [3.63, 3.8) is 0 Å². The van der Waals surface area contributed by atoms with Crippen LogP contribution in [0.25, 0.3) is 16.6 Å². The zero-order valence-corrected chi connectivity index (χ0v) is 16.8. The van der Waals surface area contributed by atoms with Crippen molar-refractivity contribution in [3.05, 3.63) is 89.9 Å². The van der Waals surface area contributed by atoms with Gasteiger partial charge < -0.3 is 4.74 Å². The third kappa shape index (κ3) is 3.85. The zero-order chi connectivity index (χ0) is 21.1. The van der Waals surface area contributed by atoms with E-state index in [1.54, 1.807) is 16.9 Å². The number of hydrogen-bond acceptors (Lipinski definition) is 5. The molecule has 0 spiro atoms. The highest BCUT2D eigenvalue weighted by atomic mass is 16.5. The Morgan fingerprint density at radius 1 is 1.00 bits per heavy atom. The molecule has 0 atom stereocenters. The number of hydrogen-bond donors (Lipinski definition) is 0.